The van der Waals surface area contributed by atoms with Crippen LogP contribution in [-0.4, -0.2) is 16.7 Å². The van der Waals surface area contributed by atoms with Crippen molar-refractivity contribution >= 4 is 5.97 Å². The standard InChI is InChI=1S/C18H28O3/c1-12(2)18(21-16(6)19)10-9-13(3)7-8-17(20)14(4)11-15(18)5/h9,15,20H,1,7-8,10-11H2,2-6H3/b13-9+,17-14+/t15?,18-/m0/s1. The highest BCUT2D eigenvalue weighted by molar-refractivity contribution is 5.67. The third kappa shape index (κ3) is 4.23. The van der Waals surface area contributed by atoms with Gasteiger partial charge in [0, 0.05) is 25.7 Å². The molecule has 1 N–H and O–H groups in total. The van der Waals surface area contributed by atoms with Crippen molar-refractivity contribution in [3.05, 3.63) is 35.1 Å². The van der Waals surface area contributed by atoms with E-state index < -0.39 is 5.60 Å². The molecule has 0 aromatic carbocycles. The van der Waals surface area contributed by atoms with Crippen LogP contribution >= 0.6 is 0 Å². The second-order valence-electron chi connectivity index (χ2n) is 6.35. The highest BCUT2D eigenvalue weighted by atomic mass is 16.6. The van der Waals surface area contributed by atoms with Gasteiger partial charge < -0.3 is 9.84 Å². The van der Waals surface area contributed by atoms with Crippen molar-refractivity contribution in [1.82, 2.24) is 0 Å². The van der Waals surface area contributed by atoms with Crippen LogP contribution in [0.4, 0.5) is 0 Å². The van der Waals surface area contributed by atoms with Crippen LogP contribution in [0, 0.1) is 5.92 Å². The molecule has 3 nitrogen and oxygen atoms in total. The maximum Gasteiger partial charge on any atom is 0.303 e. The summed E-state index contributed by atoms with van der Waals surface area (Å²) in [6, 6.07) is 0. The summed E-state index contributed by atoms with van der Waals surface area (Å²) in [5.41, 5.74) is 2.31. The zero-order valence-electron chi connectivity index (χ0n) is 14.0. The van der Waals surface area contributed by atoms with Crippen molar-refractivity contribution in [3.63, 3.8) is 0 Å². The topological polar surface area (TPSA) is 46.5 Å². The molecule has 21 heavy (non-hydrogen) atoms. The highest BCUT2D eigenvalue weighted by Crippen LogP contribution is 2.39. The third-order valence-corrected chi connectivity index (χ3v) is 4.46. The van der Waals surface area contributed by atoms with Gasteiger partial charge in [0.1, 0.15) is 5.60 Å². The minimum atomic E-state index is -0.702. The Balaban J connectivity index is 3.29. The Morgan fingerprint density at radius 2 is 2.00 bits per heavy atom. The van der Waals surface area contributed by atoms with Gasteiger partial charge in [0.15, 0.2) is 0 Å². The fourth-order valence-corrected chi connectivity index (χ4v) is 2.98. The SMILES string of the molecule is C=C(C)[C@@]1(OC(C)=O)C/C=C(\C)CC/C(O)=C(/C)CC1C. The number of carbonyl (C=O) groups is 1. The fourth-order valence-electron chi connectivity index (χ4n) is 2.98. The van der Waals surface area contributed by atoms with E-state index in [1.165, 1.54) is 12.5 Å². The van der Waals surface area contributed by atoms with E-state index in [9.17, 15) is 9.90 Å². The molecule has 0 aliphatic heterocycles. The van der Waals surface area contributed by atoms with E-state index in [4.69, 9.17) is 4.74 Å². The second kappa shape index (κ2) is 6.97. The Hall–Kier alpha value is -1.51. The first kappa shape index (κ1) is 17.5. The molecule has 3 heteroatoms. The Bertz CT molecular complexity index is 485. The van der Waals surface area contributed by atoms with Crippen molar-refractivity contribution in [3.8, 4) is 0 Å². The average Bonchev–Trinajstić information content (AvgIpc) is 2.38. The molecule has 0 fully saturated rings. The van der Waals surface area contributed by atoms with Crippen LogP contribution in [0.15, 0.2) is 35.1 Å². The van der Waals surface area contributed by atoms with Crippen LogP contribution in [0.25, 0.3) is 0 Å². The molecule has 0 spiro atoms. The molecular formula is C18H28O3. The molecule has 0 saturated carbocycles. The molecule has 0 saturated heterocycles. The van der Waals surface area contributed by atoms with Crippen LogP contribution in [0.3, 0.4) is 0 Å². The van der Waals surface area contributed by atoms with Gasteiger partial charge in [-0.05, 0) is 44.8 Å². The summed E-state index contributed by atoms with van der Waals surface area (Å²) in [6.07, 6.45) is 4.95. The molecule has 0 radical (unpaired) electrons. The van der Waals surface area contributed by atoms with Crippen molar-refractivity contribution < 1.29 is 14.6 Å². The van der Waals surface area contributed by atoms with Crippen LogP contribution in [0.2, 0.25) is 0 Å². The quantitative estimate of drug-likeness (QED) is 0.584. The highest BCUT2D eigenvalue weighted by Gasteiger charge is 2.40. The first-order valence-electron chi connectivity index (χ1n) is 7.57. The van der Waals surface area contributed by atoms with Crippen LogP contribution in [0.5, 0.6) is 0 Å². The lowest BCUT2D eigenvalue weighted by Gasteiger charge is -2.39. The van der Waals surface area contributed by atoms with Gasteiger partial charge in [-0.25, -0.2) is 0 Å². The summed E-state index contributed by atoms with van der Waals surface area (Å²) in [7, 11) is 0. The van der Waals surface area contributed by atoms with E-state index in [-0.39, 0.29) is 11.9 Å². The lowest BCUT2D eigenvalue weighted by Crippen LogP contribution is -2.42. The maximum atomic E-state index is 11.6. The third-order valence-electron chi connectivity index (χ3n) is 4.46. The molecule has 0 aromatic rings. The summed E-state index contributed by atoms with van der Waals surface area (Å²) < 4.78 is 5.73. The maximum absolute atomic E-state index is 11.6. The van der Waals surface area contributed by atoms with Crippen LogP contribution < -0.4 is 0 Å². The summed E-state index contributed by atoms with van der Waals surface area (Å²) in [5, 5.41) is 10.1. The largest absolute Gasteiger partial charge is 0.512 e. The zero-order chi connectivity index (χ0) is 16.2. The number of hydrogen-bond acceptors (Lipinski definition) is 3. The molecule has 118 valence electrons. The summed E-state index contributed by atoms with van der Waals surface area (Å²) in [4.78, 5) is 11.6. The molecule has 0 heterocycles. The predicted octanol–water partition coefficient (Wildman–Crippen LogP) is 4.85. The Morgan fingerprint density at radius 3 is 2.52 bits per heavy atom. The number of allylic oxidation sites excluding steroid dienone is 3. The average molecular weight is 292 g/mol. The van der Waals surface area contributed by atoms with Crippen molar-refractivity contribution in [2.45, 2.75) is 65.9 Å². The number of ether oxygens (including phenoxy) is 1. The molecule has 0 bridgehead atoms. The molecule has 1 rings (SSSR count). The molecule has 0 aromatic heterocycles. The summed E-state index contributed by atoms with van der Waals surface area (Å²) in [6.45, 7) is 13.5. The van der Waals surface area contributed by atoms with Gasteiger partial charge in [0.2, 0.25) is 0 Å². The minimum absolute atomic E-state index is 0.0585. The molecule has 1 aliphatic carbocycles. The number of esters is 1. The lowest BCUT2D eigenvalue weighted by molar-refractivity contribution is -0.157. The van der Waals surface area contributed by atoms with E-state index >= 15 is 0 Å². The fraction of sp³-hybridized carbons (Fsp3) is 0.611. The van der Waals surface area contributed by atoms with E-state index in [0.717, 1.165) is 17.6 Å². The molecule has 0 amide bonds. The normalized spacial score (nSPS) is 33.8. The van der Waals surface area contributed by atoms with Crippen LogP contribution in [0.1, 0.15) is 60.3 Å². The van der Waals surface area contributed by atoms with Gasteiger partial charge in [-0.2, -0.15) is 0 Å². The minimum Gasteiger partial charge on any atom is -0.512 e. The van der Waals surface area contributed by atoms with Gasteiger partial charge in [-0.3, -0.25) is 4.79 Å². The van der Waals surface area contributed by atoms with E-state index in [1.807, 2.05) is 20.8 Å². The number of aliphatic hydroxyl groups excluding tert-OH is 1. The second-order valence-corrected chi connectivity index (χ2v) is 6.35. The van der Waals surface area contributed by atoms with E-state index in [1.54, 1.807) is 0 Å². The molecule has 2 atom stereocenters. The summed E-state index contributed by atoms with van der Waals surface area (Å²) >= 11 is 0. The number of carbonyl (C=O) groups excluding carboxylic acids is 1. The molecule has 1 aliphatic rings. The van der Waals surface area contributed by atoms with Gasteiger partial charge in [-0.1, -0.05) is 25.2 Å². The monoisotopic (exact) mass is 292 g/mol. The first-order valence-corrected chi connectivity index (χ1v) is 7.57. The lowest BCUT2D eigenvalue weighted by atomic mass is 9.76. The van der Waals surface area contributed by atoms with Gasteiger partial charge in [0.05, 0.1) is 5.76 Å². The van der Waals surface area contributed by atoms with Gasteiger partial charge in [0.25, 0.3) is 0 Å². The van der Waals surface area contributed by atoms with Gasteiger partial charge >= 0.3 is 5.97 Å². The zero-order valence-corrected chi connectivity index (χ0v) is 14.0. The Labute approximate surface area is 128 Å². The molecule has 1 unspecified atom stereocenters. The Kier molecular flexibility index (Phi) is 5.82. The van der Waals surface area contributed by atoms with Gasteiger partial charge in [-0.15, -0.1) is 0 Å². The number of hydrogen-bond donors (Lipinski definition) is 1. The van der Waals surface area contributed by atoms with Crippen molar-refractivity contribution in [1.29, 1.82) is 0 Å². The van der Waals surface area contributed by atoms with Crippen LogP contribution in [-0.2, 0) is 9.53 Å². The van der Waals surface area contributed by atoms with E-state index in [2.05, 4.69) is 19.6 Å². The number of rotatable bonds is 2. The van der Waals surface area contributed by atoms with Crippen molar-refractivity contribution in [2.75, 3.05) is 0 Å². The smallest absolute Gasteiger partial charge is 0.303 e. The number of aliphatic hydroxyl groups is 1. The van der Waals surface area contributed by atoms with E-state index in [0.29, 0.717) is 25.0 Å². The van der Waals surface area contributed by atoms with Crippen molar-refractivity contribution in [2.24, 2.45) is 5.92 Å². The Morgan fingerprint density at radius 1 is 1.38 bits per heavy atom. The first-order chi connectivity index (χ1) is 9.69. The summed E-state index contributed by atoms with van der Waals surface area (Å²) in [5.74, 6) is 0.219. The molecular weight excluding hydrogens is 264 g/mol. The predicted molar refractivity (Wildman–Crippen MR) is 86.0 cm³/mol.